The van der Waals surface area contributed by atoms with E-state index < -0.39 is 15.9 Å². The first-order valence-electron chi connectivity index (χ1n) is 7.57. The van der Waals surface area contributed by atoms with Crippen LogP contribution in [-0.4, -0.2) is 25.2 Å². The molecule has 0 saturated carbocycles. The van der Waals surface area contributed by atoms with Crippen LogP contribution in [0.25, 0.3) is 0 Å². The monoisotopic (exact) mass is 348 g/mol. The summed E-state index contributed by atoms with van der Waals surface area (Å²) in [5, 5.41) is 0. The van der Waals surface area contributed by atoms with Crippen molar-refractivity contribution in [3.05, 3.63) is 65.5 Å². The van der Waals surface area contributed by atoms with Gasteiger partial charge >= 0.3 is 0 Å². The zero-order valence-corrected chi connectivity index (χ0v) is 13.7. The third kappa shape index (κ3) is 3.05. The summed E-state index contributed by atoms with van der Waals surface area (Å²) >= 11 is 0. The Bertz CT molecular complexity index is 848. The number of halogens is 1. The van der Waals surface area contributed by atoms with E-state index in [4.69, 9.17) is 5.73 Å². The van der Waals surface area contributed by atoms with E-state index in [1.807, 2.05) is 0 Å². The van der Waals surface area contributed by atoms with Crippen molar-refractivity contribution in [1.29, 1.82) is 0 Å². The maximum Gasteiger partial charge on any atom is 0.248 e. The first-order chi connectivity index (χ1) is 11.4. The molecule has 0 radical (unpaired) electrons. The predicted molar refractivity (Wildman–Crippen MR) is 87.2 cm³/mol. The third-order valence-electron chi connectivity index (χ3n) is 4.20. The van der Waals surface area contributed by atoms with E-state index in [1.165, 1.54) is 40.7 Å². The van der Waals surface area contributed by atoms with E-state index in [9.17, 15) is 17.6 Å². The molecule has 1 amide bonds. The van der Waals surface area contributed by atoms with Crippen molar-refractivity contribution in [2.75, 3.05) is 6.54 Å². The lowest BCUT2D eigenvalue weighted by molar-refractivity contribution is 0.1000. The molecule has 5 nitrogen and oxygen atoms in total. The Hall–Kier alpha value is -2.25. The van der Waals surface area contributed by atoms with Gasteiger partial charge in [0, 0.05) is 12.1 Å². The molecule has 24 heavy (non-hydrogen) atoms. The first-order valence-corrected chi connectivity index (χ1v) is 9.01. The lowest BCUT2D eigenvalue weighted by Gasteiger charge is -2.24. The van der Waals surface area contributed by atoms with Crippen LogP contribution < -0.4 is 5.73 Å². The van der Waals surface area contributed by atoms with Crippen molar-refractivity contribution >= 4 is 15.9 Å². The van der Waals surface area contributed by atoms with E-state index >= 15 is 0 Å². The number of carbonyl (C=O) groups is 1. The minimum atomic E-state index is -3.70. The highest BCUT2D eigenvalue weighted by atomic mass is 32.2. The van der Waals surface area contributed by atoms with Gasteiger partial charge in [-0.3, -0.25) is 4.79 Å². The minimum Gasteiger partial charge on any atom is -0.366 e. The van der Waals surface area contributed by atoms with Gasteiger partial charge in [0.05, 0.1) is 10.9 Å². The molecule has 1 saturated heterocycles. The van der Waals surface area contributed by atoms with Crippen LogP contribution in [0.4, 0.5) is 4.39 Å². The highest BCUT2D eigenvalue weighted by Crippen LogP contribution is 2.36. The summed E-state index contributed by atoms with van der Waals surface area (Å²) in [5.74, 6) is -0.961. The van der Waals surface area contributed by atoms with E-state index in [1.54, 1.807) is 12.1 Å². The van der Waals surface area contributed by atoms with Crippen molar-refractivity contribution in [1.82, 2.24) is 4.31 Å². The molecule has 2 aromatic rings. The van der Waals surface area contributed by atoms with Crippen LogP contribution >= 0.6 is 0 Å². The van der Waals surface area contributed by atoms with E-state index in [0.717, 1.165) is 12.0 Å². The normalized spacial score (nSPS) is 18.6. The van der Waals surface area contributed by atoms with Gasteiger partial charge in [0.25, 0.3) is 0 Å². The number of nitrogens with two attached hydrogens (primary N) is 1. The van der Waals surface area contributed by atoms with Crippen LogP contribution in [0.2, 0.25) is 0 Å². The van der Waals surface area contributed by atoms with Crippen LogP contribution in [-0.2, 0) is 10.0 Å². The van der Waals surface area contributed by atoms with Crippen LogP contribution in [0.5, 0.6) is 0 Å². The summed E-state index contributed by atoms with van der Waals surface area (Å²) in [7, 11) is -3.70. The number of benzene rings is 2. The summed E-state index contributed by atoms with van der Waals surface area (Å²) in [6, 6.07) is 11.2. The van der Waals surface area contributed by atoms with Gasteiger partial charge in [0.15, 0.2) is 0 Å². The quantitative estimate of drug-likeness (QED) is 0.921. The zero-order valence-electron chi connectivity index (χ0n) is 12.9. The number of nitrogens with zero attached hydrogens (tertiary/aromatic N) is 1. The zero-order chi connectivity index (χ0) is 17.3. The average molecular weight is 348 g/mol. The van der Waals surface area contributed by atoms with Crippen molar-refractivity contribution in [3.8, 4) is 0 Å². The molecule has 1 fully saturated rings. The fraction of sp³-hybridized carbons (Fsp3) is 0.235. The number of hydrogen-bond acceptors (Lipinski definition) is 3. The molecule has 1 heterocycles. The number of primary amides is 1. The number of carbonyl (C=O) groups excluding carboxylic acids is 1. The van der Waals surface area contributed by atoms with Crippen molar-refractivity contribution in [2.45, 2.75) is 23.8 Å². The molecule has 3 rings (SSSR count). The van der Waals surface area contributed by atoms with Crippen LogP contribution in [0, 0.1) is 5.82 Å². The Morgan fingerprint density at radius 2 is 1.71 bits per heavy atom. The summed E-state index contributed by atoms with van der Waals surface area (Å²) < 4.78 is 40.3. The molecule has 0 bridgehead atoms. The molecular weight excluding hydrogens is 331 g/mol. The van der Waals surface area contributed by atoms with E-state index in [-0.39, 0.29) is 22.3 Å². The van der Waals surface area contributed by atoms with Gasteiger partial charge in [0.2, 0.25) is 15.9 Å². The topological polar surface area (TPSA) is 80.5 Å². The second kappa shape index (κ2) is 6.33. The number of rotatable bonds is 4. The molecule has 1 aliphatic heterocycles. The molecule has 1 unspecified atom stereocenters. The molecule has 2 N–H and O–H groups in total. The van der Waals surface area contributed by atoms with Gasteiger partial charge in [-0.05, 0) is 54.8 Å². The molecule has 2 aromatic carbocycles. The molecule has 0 aliphatic carbocycles. The maximum absolute atomic E-state index is 13.1. The Kier molecular flexibility index (Phi) is 4.38. The number of amides is 1. The smallest absolute Gasteiger partial charge is 0.248 e. The number of hydrogen-bond donors (Lipinski definition) is 1. The van der Waals surface area contributed by atoms with Gasteiger partial charge < -0.3 is 5.73 Å². The highest BCUT2D eigenvalue weighted by molar-refractivity contribution is 7.89. The molecule has 0 spiro atoms. The third-order valence-corrected chi connectivity index (χ3v) is 6.13. The fourth-order valence-electron chi connectivity index (χ4n) is 2.97. The van der Waals surface area contributed by atoms with Crippen molar-refractivity contribution < 1.29 is 17.6 Å². The van der Waals surface area contributed by atoms with Gasteiger partial charge in [0.1, 0.15) is 5.82 Å². The fourth-order valence-corrected chi connectivity index (χ4v) is 4.65. The van der Waals surface area contributed by atoms with E-state index in [2.05, 4.69) is 0 Å². The molecule has 1 aliphatic rings. The van der Waals surface area contributed by atoms with E-state index in [0.29, 0.717) is 13.0 Å². The summed E-state index contributed by atoms with van der Waals surface area (Å²) in [6.45, 7) is 0.405. The van der Waals surface area contributed by atoms with Crippen molar-refractivity contribution in [2.24, 2.45) is 5.73 Å². The Balaban J connectivity index is 1.93. The highest BCUT2D eigenvalue weighted by Gasteiger charge is 2.36. The van der Waals surface area contributed by atoms with Crippen LogP contribution in [0.1, 0.15) is 34.8 Å². The van der Waals surface area contributed by atoms with Gasteiger partial charge in [-0.1, -0.05) is 12.1 Å². The molecule has 1 atom stereocenters. The van der Waals surface area contributed by atoms with Crippen molar-refractivity contribution in [3.63, 3.8) is 0 Å². The Labute approximate surface area is 139 Å². The second-order valence-corrected chi connectivity index (χ2v) is 7.60. The van der Waals surface area contributed by atoms with Gasteiger partial charge in [-0.15, -0.1) is 0 Å². The van der Waals surface area contributed by atoms with Crippen LogP contribution in [0.15, 0.2) is 53.4 Å². The average Bonchev–Trinajstić information content (AvgIpc) is 3.06. The maximum atomic E-state index is 13.1. The minimum absolute atomic E-state index is 0.113. The molecule has 7 heteroatoms. The summed E-state index contributed by atoms with van der Waals surface area (Å²) in [5.41, 5.74) is 6.20. The lowest BCUT2D eigenvalue weighted by atomic mass is 10.1. The van der Waals surface area contributed by atoms with Crippen LogP contribution in [0.3, 0.4) is 0 Å². The SMILES string of the molecule is NC(=O)c1ccc(S(=O)(=O)N2CCCC2c2ccc(F)cc2)cc1. The summed E-state index contributed by atoms with van der Waals surface area (Å²) in [4.78, 5) is 11.2. The van der Waals surface area contributed by atoms with Gasteiger partial charge in [-0.2, -0.15) is 4.31 Å². The summed E-state index contributed by atoms with van der Waals surface area (Å²) in [6.07, 6.45) is 1.42. The predicted octanol–water partition coefficient (Wildman–Crippen LogP) is 2.45. The number of sulfonamides is 1. The first kappa shape index (κ1) is 16.6. The Morgan fingerprint density at radius 1 is 1.08 bits per heavy atom. The second-order valence-electron chi connectivity index (χ2n) is 5.71. The molecule has 0 aromatic heterocycles. The standard InChI is InChI=1S/C17H17FN2O3S/c18-14-7-3-12(4-8-14)16-2-1-11-20(16)24(22,23)15-9-5-13(6-10-15)17(19)21/h3-10,16H,1-2,11H2,(H2,19,21). The Morgan fingerprint density at radius 3 is 2.29 bits per heavy atom. The van der Waals surface area contributed by atoms with Gasteiger partial charge in [-0.25, -0.2) is 12.8 Å². The molecular formula is C17H17FN2O3S. The largest absolute Gasteiger partial charge is 0.366 e. The lowest BCUT2D eigenvalue weighted by Crippen LogP contribution is -2.30. The molecule has 126 valence electrons.